The van der Waals surface area contributed by atoms with Crippen molar-refractivity contribution in [2.24, 2.45) is 5.84 Å². The second-order valence-electron chi connectivity index (χ2n) is 5.34. The first-order valence-corrected chi connectivity index (χ1v) is 9.49. The van der Waals surface area contributed by atoms with E-state index in [0.717, 1.165) is 28.6 Å². The summed E-state index contributed by atoms with van der Waals surface area (Å²) in [6.07, 6.45) is 2.89. The number of hydrogen-bond acceptors (Lipinski definition) is 5. The van der Waals surface area contributed by atoms with Crippen LogP contribution in [0.25, 0.3) is 0 Å². The standard InChI is InChI=1S/C14H21BrN2O3S/c1-20-11-5-6-12(15)10(8-11)9-13(17-16)14-4-2-3-7-21(14,18)19/h5-6,8,13-14,17H,2-4,7,9,16H2,1H3. The monoisotopic (exact) mass is 376 g/mol. The average Bonchev–Trinajstić information content (AvgIpc) is 2.46. The molecule has 0 amide bonds. The highest BCUT2D eigenvalue weighted by molar-refractivity contribution is 9.10. The van der Waals surface area contributed by atoms with E-state index in [1.165, 1.54) is 0 Å². The lowest BCUT2D eigenvalue weighted by atomic mass is 10.00. The molecule has 21 heavy (non-hydrogen) atoms. The van der Waals surface area contributed by atoms with E-state index in [4.69, 9.17) is 10.6 Å². The van der Waals surface area contributed by atoms with Gasteiger partial charge in [-0.1, -0.05) is 22.4 Å². The summed E-state index contributed by atoms with van der Waals surface area (Å²) in [5, 5.41) is -0.422. The normalized spacial score (nSPS) is 22.7. The minimum absolute atomic E-state index is 0.259. The average molecular weight is 377 g/mol. The Balaban J connectivity index is 2.23. The van der Waals surface area contributed by atoms with Crippen molar-refractivity contribution in [3.05, 3.63) is 28.2 Å². The largest absolute Gasteiger partial charge is 0.497 e. The van der Waals surface area contributed by atoms with Gasteiger partial charge in [0.15, 0.2) is 9.84 Å². The van der Waals surface area contributed by atoms with Gasteiger partial charge in [0.2, 0.25) is 0 Å². The smallest absolute Gasteiger partial charge is 0.154 e. The Hall–Kier alpha value is -0.630. The third-order valence-electron chi connectivity index (χ3n) is 3.98. The van der Waals surface area contributed by atoms with Gasteiger partial charge in [0, 0.05) is 10.5 Å². The molecule has 1 aromatic rings. The highest BCUT2D eigenvalue weighted by Gasteiger charge is 2.35. The maximum Gasteiger partial charge on any atom is 0.154 e. The quantitative estimate of drug-likeness (QED) is 0.604. The molecule has 0 aromatic heterocycles. The summed E-state index contributed by atoms with van der Waals surface area (Å²) in [6.45, 7) is 0. The molecule has 0 saturated carbocycles. The van der Waals surface area contributed by atoms with Gasteiger partial charge in [-0.2, -0.15) is 0 Å². The van der Waals surface area contributed by atoms with Crippen molar-refractivity contribution in [1.82, 2.24) is 5.43 Å². The van der Waals surface area contributed by atoms with E-state index in [9.17, 15) is 8.42 Å². The topological polar surface area (TPSA) is 81.4 Å². The lowest BCUT2D eigenvalue weighted by Gasteiger charge is -2.30. The van der Waals surface area contributed by atoms with Crippen molar-refractivity contribution in [3.8, 4) is 5.75 Å². The minimum Gasteiger partial charge on any atom is -0.497 e. The molecule has 0 aliphatic carbocycles. The van der Waals surface area contributed by atoms with Crippen LogP contribution in [0.3, 0.4) is 0 Å². The van der Waals surface area contributed by atoms with E-state index in [2.05, 4.69) is 21.4 Å². The summed E-state index contributed by atoms with van der Waals surface area (Å²) in [5.41, 5.74) is 3.68. The van der Waals surface area contributed by atoms with Crippen LogP contribution in [-0.4, -0.2) is 32.6 Å². The van der Waals surface area contributed by atoms with Gasteiger partial charge in [-0.25, -0.2) is 8.42 Å². The molecule has 2 unspecified atom stereocenters. The molecule has 1 aliphatic heterocycles. The predicted molar refractivity (Wildman–Crippen MR) is 86.9 cm³/mol. The summed E-state index contributed by atoms with van der Waals surface area (Å²) < 4.78 is 30.6. The van der Waals surface area contributed by atoms with Crippen molar-refractivity contribution in [2.45, 2.75) is 37.0 Å². The SMILES string of the molecule is COc1ccc(Br)c(CC(NN)C2CCCCS2(=O)=O)c1. The van der Waals surface area contributed by atoms with Gasteiger partial charge in [-0.05, 0) is 43.0 Å². The van der Waals surface area contributed by atoms with Gasteiger partial charge < -0.3 is 4.74 Å². The van der Waals surface area contributed by atoms with Crippen LogP contribution in [0.1, 0.15) is 24.8 Å². The minimum atomic E-state index is -3.07. The van der Waals surface area contributed by atoms with Gasteiger partial charge >= 0.3 is 0 Å². The molecule has 1 aliphatic rings. The number of halogens is 1. The Labute approximate surface area is 134 Å². The molecule has 118 valence electrons. The van der Waals surface area contributed by atoms with Gasteiger partial charge in [-0.15, -0.1) is 0 Å². The molecule has 1 saturated heterocycles. The maximum absolute atomic E-state index is 12.2. The highest BCUT2D eigenvalue weighted by atomic mass is 79.9. The van der Waals surface area contributed by atoms with Crippen LogP contribution < -0.4 is 16.0 Å². The molecule has 3 N–H and O–H groups in total. The Morgan fingerprint density at radius 1 is 1.48 bits per heavy atom. The van der Waals surface area contributed by atoms with E-state index in [-0.39, 0.29) is 11.8 Å². The molecule has 0 bridgehead atoms. The fourth-order valence-corrected chi connectivity index (χ4v) is 5.32. The van der Waals surface area contributed by atoms with E-state index in [0.29, 0.717) is 12.8 Å². The van der Waals surface area contributed by atoms with Crippen molar-refractivity contribution in [3.63, 3.8) is 0 Å². The molecule has 5 nitrogen and oxygen atoms in total. The van der Waals surface area contributed by atoms with Crippen LogP contribution in [0.4, 0.5) is 0 Å². The zero-order valence-corrected chi connectivity index (χ0v) is 14.4. The van der Waals surface area contributed by atoms with Gasteiger partial charge in [-0.3, -0.25) is 11.3 Å². The number of hydrogen-bond donors (Lipinski definition) is 2. The molecular weight excluding hydrogens is 356 g/mol. The molecule has 0 spiro atoms. The number of benzene rings is 1. The fourth-order valence-electron chi connectivity index (χ4n) is 2.80. The molecule has 1 heterocycles. The van der Waals surface area contributed by atoms with Crippen molar-refractivity contribution < 1.29 is 13.2 Å². The van der Waals surface area contributed by atoms with Gasteiger partial charge in [0.1, 0.15) is 5.75 Å². The Morgan fingerprint density at radius 3 is 2.86 bits per heavy atom. The van der Waals surface area contributed by atoms with E-state index in [1.54, 1.807) is 7.11 Å². The van der Waals surface area contributed by atoms with Crippen LogP contribution in [0.5, 0.6) is 5.75 Å². The number of sulfone groups is 1. The molecule has 1 aromatic carbocycles. The summed E-state index contributed by atoms with van der Waals surface area (Å²) in [5.74, 6) is 6.64. The number of hydrazine groups is 1. The first kappa shape index (κ1) is 16.7. The fraction of sp³-hybridized carbons (Fsp3) is 0.571. The maximum atomic E-state index is 12.2. The van der Waals surface area contributed by atoms with Crippen LogP contribution in [0.15, 0.2) is 22.7 Å². The van der Waals surface area contributed by atoms with E-state index in [1.807, 2.05) is 18.2 Å². The van der Waals surface area contributed by atoms with E-state index < -0.39 is 15.1 Å². The zero-order valence-electron chi connectivity index (χ0n) is 12.0. The predicted octanol–water partition coefficient (Wildman–Crippen LogP) is 1.80. The van der Waals surface area contributed by atoms with Crippen LogP contribution in [-0.2, 0) is 16.3 Å². The van der Waals surface area contributed by atoms with Gasteiger partial charge in [0.25, 0.3) is 0 Å². The van der Waals surface area contributed by atoms with E-state index >= 15 is 0 Å². The number of nitrogens with one attached hydrogen (secondary N) is 1. The Bertz CT molecular complexity index is 592. The molecule has 2 atom stereocenters. The van der Waals surface area contributed by atoms with Crippen molar-refractivity contribution >= 4 is 25.8 Å². The lowest BCUT2D eigenvalue weighted by Crippen LogP contribution is -2.50. The highest BCUT2D eigenvalue weighted by Crippen LogP contribution is 2.28. The van der Waals surface area contributed by atoms with Crippen LogP contribution >= 0.6 is 15.9 Å². The van der Waals surface area contributed by atoms with Crippen molar-refractivity contribution in [1.29, 1.82) is 0 Å². The van der Waals surface area contributed by atoms with Crippen LogP contribution in [0, 0.1) is 0 Å². The Morgan fingerprint density at radius 2 is 2.24 bits per heavy atom. The molecule has 0 radical (unpaired) electrons. The first-order valence-electron chi connectivity index (χ1n) is 6.98. The lowest BCUT2D eigenvalue weighted by molar-refractivity contribution is 0.412. The molecule has 1 fully saturated rings. The Kier molecular flexibility index (Phi) is 5.65. The third-order valence-corrected chi connectivity index (χ3v) is 7.10. The molecule has 7 heteroatoms. The second kappa shape index (κ2) is 7.09. The molecular formula is C14H21BrN2O3S. The van der Waals surface area contributed by atoms with Crippen LogP contribution in [0.2, 0.25) is 0 Å². The van der Waals surface area contributed by atoms with Gasteiger partial charge in [0.05, 0.1) is 18.1 Å². The number of rotatable bonds is 5. The summed E-state index contributed by atoms with van der Waals surface area (Å²) in [6, 6.07) is 5.37. The number of methoxy groups -OCH3 is 1. The zero-order chi connectivity index (χ0) is 15.5. The third kappa shape index (κ3) is 3.97. The number of nitrogens with two attached hydrogens (primary N) is 1. The molecule has 2 rings (SSSR count). The first-order chi connectivity index (χ1) is 9.97. The van der Waals surface area contributed by atoms with Crippen molar-refractivity contribution in [2.75, 3.05) is 12.9 Å². The second-order valence-corrected chi connectivity index (χ2v) is 8.53. The summed E-state index contributed by atoms with van der Waals surface area (Å²) in [7, 11) is -1.46. The summed E-state index contributed by atoms with van der Waals surface area (Å²) >= 11 is 3.50. The number of ether oxygens (including phenoxy) is 1. The summed E-state index contributed by atoms with van der Waals surface area (Å²) in [4.78, 5) is 0.